The maximum atomic E-state index is 13.4. The van der Waals surface area contributed by atoms with Crippen molar-refractivity contribution in [3.05, 3.63) is 35.1 Å². The summed E-state index contributed by atoms with van der Waals surface area (Å²) in [6.07, 6.45) is 16.7. The number of nitriles is 1. The molecule has 0 heterocycles. The lowest BCUT2D eigenvalue weighted by Crippen LogP contribution is -2.24. The summed E-state index contributed by atoms with van der Waals surface area (Å²) in [5.41, 5.74) is 0.837. The number of rotatable bonds is 20. The number of hydrogen-bond acceptors (Lipinski definition) is 4. The fourth-order valence-electron chi connectivity index (χ4n) is 3.60. The number of aliphatic hydroxyl groups is 1. The summed E-state index contributed by atoms with van der Waals surface area (Å²) >= 11 is 0. The van der Waals surface area contributed by atoms with E-state index in [-0.39, 0.29) is 18.8 Å². The molecular formula is C26H42FNO3. The number of aliphatic hydroxyl groups excluding tert-OH is 1. The van der Waals surface area contributed by atoms with E-state index in [0.29, 0.717) is 18.8 Å². The molecule has 0 radical (unpaired) electrons. The minimum atomic E-state index is -0.461. The Bertz CT molecular complexity index is 603. The van der Waals surface area contributed by atoms with Crippen molar-refractivity contribution in [2.24, 2.45) is 0 Å². The first-order valence-corrected chi connectivity index (χ1v) is 12.2. The normalized spacial score (nSPS) is 12.1. The lowest BCUT2D eigenvalue weighted by Gasteiger charge is -2.16. The Morgan fingerprint density at radius 2 is 1.48 bits per heavy atom. The number of unbranched alkanes of at least 4 members (excludes halogenated alkanes) is 12. The minimum absolute atomic E-state index is 0.139. The molecule has 1 N–H and O–H groups in total. The van der Waals surface area contributed by atoms with E-state index in [1.54, 1.807) is 6.07 Å². The van der Waals surface area contributed by atoms with Crippen LogP contribution in [0.3, 0.4) is 0 Å². The van der Waals surface area contributed by atoms with Gasteiger partial charge in [0.25, 0.3) is 0 Å². The highest BCUT2D eigenvalue weighted by Gasteiger charge is 2.09. The fourth-order valence-corrected chi connectivity index (χ4v) is 3.60. The molecule has 0 aromatic heterocycles. The Kier molecular flexibility index (Phi) is 17.1. The first kappa shape index (κ1) is 27.6. The van der Waals surface area contributed by atoms with Crippen molar-refractivity contribution in [1.29, 1.82) is 5.26 Å². The van der Waals surface area contributed by atoms with Crippen LogP contribution in [0.5, 0.6) is 0 Å². The van der Waals surface area contributed by atoms with Gasteiger partial charge in [0.15, 0.2) is 0 Å². The zero-order valence-corrected chi connectivity index (χ0v) is 19.4. The molecule has 1 atom stereocenters. The van der Waals surface area contributed by atoms with E-state index >= 15 is 0 Å². The molecule has 0 aliphatic carbocycles. The Balaban J connectivity index is 1.96. The Labute approximate surface area is 188 Å². The van der Waals surface area contributed by atoms with Gasteiger partial charge in [-0.1, -0.05) is 84.0 Å². The average Bonchev–Trinajstić information content (AvgIpc) is 2.78. The summed E-state index contributed by atoms with van der Waals surface area (Å²) in [5.74, 6) is -0.461. The van der Waals surface area contributed by atoms with Crippen LogP contribution in [0.1, 0.15) is 102 Å². The highest BCUT2D eigenvalue weighted by molar-refractivity contribution is 5.33. The molecule has 0 bridgehead atoms. The minimum Gasteiger partial charge on any atom is -0.394 e. The maximum Gasteiger partial charge on any atom is 0.124 e. The molecule has 0 amide bonds. The highest BCUT2D eigenvalue weighted by atomic mass is 19.1. The molecule has 1 aromatic carbocycles. The molecule has 4 nitrogen and oxygen atoms in total. The van der Waals surface area contributed by atoms with E-state index in [2.05, 4.69) is 6.92 Å². The monoisotopic (exact) mass is 435 g/mol. The number of benzene rings is 1. The van der Waals surface area contributed by atoms with Gasteiger partial charge in [-0.05, 0) is 30.2 Å². The molecule has 0 saturated heterocycles. The van der Waals surface area contributed by atoms with Crippen LogP contribution >= 0.6 is 0 Å². The first-order valence-electron chi connectivity index (χ1n) is 12.2. The Morgan fingerprint density at radius 1 is 0.903 bits per heavy atom. The fraction of sp³-hybridized carbons (Fsp3) is 0.731. The second-order valence-corrected chi connectivity index (χ2v) is 8.39. The number of hydrogen-bond donors (Lipinski definition) is 1. The summed E-state index contributed by atoms with van der Waals surface area (Å²) in [5, 5.41) is 18.3. The van der Waals surface area contributed by atoms with E-state index in [1.165, 1.54) is 89.2 Å². The lowest BCUT2D eigenvalue weighted by atomic mass is 10.0. The van der Waals surface area contributed by atoms with Gasteiger partial charge in [0, 0.05) is 6.61 Å². The van der Waals surface area contributed by atoms with Crippen LogP contribution in [0.15, 0.2) is 18.2 Å². The highest BCUT2D eigenvalue weighted by Crippen LogP contribution is 2.13. The molecule has 176 valence electrons. The SMILES string of the molecule is CCCCCCCCCCCCCCCOC[C@H](CO)OCc1cc(F)cc(C#N)c1. The average molecular weight is 436 g/mol. The summed E-state index contributed by atoms with van der Waals surface area (Å²) in [4.78, 5) is 0. The molecule has 0 aliphatic heterocycles. The third kappa shape index (κ3) is 15.0. The largest absolute Gasteiger partial charge is 0.394 e. The maximum absolute atomic E-state index is 13.4. The third-order valence-corrected chi connectivity index (χ3v) is 5.47. The zero-order chi connectivity index (χ0) is 22.6. The van der Waals surface area contributed by atoms with Crippen LogP contribution in [-0.2, 0) is 16.1 Å². The standard InChI is InChI=1S/C26H42FNO3/c1-2-3-4-5-6-7-8-9-10-11-12-13-14-15-30-22-26(20-29)31-21-24-16-23(19-28)17-25(27)18-24/h16-18,26,29H,2-15,20-22H2,1H3/t26-/m0/s1. The molecule has 0 aliphatic rings. The lowest BCUT2D eigenvalue weighted by molar-refractivity contribution is -0.0503. The van der Waals surface area contributed by atoms with Crippen LogP contribution < -0.4 is 0 Å². The number of halogens is 1. The van der Waals surface area contributed by atoms with Crippen molar-refractivity contribution in [2.45, 2.75) is 103 Å². The van der Waals surface area contributed by atoms with Crippen molar-refractivity contribution in [3.8, 4) is 6.07 Å². The van der Waals surface area contributed by atoms with E-state index in [4.69, 9.17) is 14.7 Å². The molecule has 0 saturated carbocycles. The molecular weight excluding hydrogens is 393 g/mol. The Morgan fingerprint density at radius 3 is 2.03 bits per heavy atom. The quantitative estimate of drug-likeness (QED) is 0.232. The van der Waals surface area contributed by atoms with Crippen LogP contribution in [0.4, 0.5) is 4.39 Å². The third-order valence-electron chi connectivity index (χ3n) is 5.47. The van der Waals surface area contributed by atoms with Crippen molar-refractivity contribution in [2.75, 3.05) is 19.8 Å². The van der Waals surface area contributed by atoms with Gasteiger partial charge in [0.1, 0.15) is 11.9 Å². The van der Waals surface area contributed by atoms with Crippen LogP contribution in [0.2, 0.25) is 0 Å². The molecule has 5 heteroatoms. The second-order valence-electron chi connectivity index (χ2n) is 8.39. The van der Waals surface area contributed by atoms with Gasteiger partial charge in [0.2, 0.25) is 0 Å². The van der Waals surface area contributed by atoms with E-state index in [0.717, 1.165) is 6.42 Å². The summed E-state index contributed by atoms with van der Waals surface area (Å²) in [6, 6.07) is 6.04. The van der Waals surface area contributed by atoms with Gasteiger partial charge in [-0.25, -0.2) is 4.39 Å². The van der Waals surface area contributed by atoms with Gasteiger partial charge in [-0.15, -0.1) is 0 Å². The van der Waals surface area contributed by atoms with Crippen molar-refractivity contribution >= 4 is 0 Å². The number of nitrogens with zero attached hydrogens (tertiary/aromatic N) is 1. The van der Waals surface area contributed by atoms with Gasteiger partial charge in [-0.3, -0.25) is 0 Å². The summed E-state index contributed by atoms with van der Waals surface area (Å²) in [6.45, 7) is 3.22. The van der Waals surface area contributed by atoms with Gasteiger partial charge in [0.05, 0.1) is 31.5 Å². The second kappa shape index (κ2) is 19.2. The molecule has 0 fully saturated rings. The van der Waals surface area contributed by atoms with Crippen LogP contribution in [0.25, 0.3) is 0 Å². The number of ether oxygens (including phenoxy) is 2. The predicted octanol–water partition coefficient (Wildman–Crippen LogP) is 6.68. The molecule has 0 spiro atoms. The summed E-state index contributed by atoms with van der Waals surface area (Å²) in [7, 11) is 0. The van der Waals surface area contributed by atoms with E-state index in [9.17, 15) is 9.50 Å². The van der Waals surface area contributed by atoms with E-state index < -0.39 is 11.9 Å². The van der Waals surface area contributed by atoms with Gasteiger partial charge in [-0.2, -0.15) is 5.26 Å². The van der Waals surface area contributed by atoms with Crippen LogP contribution in [0, 0.1) is 17.1 Å². The van der Waals surface area contributed by atoms with E-state index in [1.807, 2.05) is 6.07 Å². The first-order chi connectivity index (χ1) is 15.2. The summed E-state index contributed by atoms with van der Waals surface area (Å²) < 4.78 is 24.7. The molecule has 1 rings (SSSR count). The van der Waals surface area contributed by atoms with Crippen LogP contribution in [-0.4, -0.2) is 31.0 Å². The molecule has 31 heavy (non-hydrogen) atoms. The Hall–Kier alpha value is -1.48. The smallest absolute Gasteiger partial charge is 0.124 e. The van der Waals surface area contributed by atoms with Crippen molar-refractivity contribution < 1.29 is 19.0 Å². The van der Waals surface area contributed by atoms with Gasteiger partial charge < -0.3 is 14.6 Å². The molecule has 0 unspecified atom stereocenters. The topological polar surface area (TPSA) is 62.5 Å². The van der Waals surface area contributed by atoms with Gasteiger partial charge >= 0.3 is 0 Å². The predicted molar refractivity (Wildman–Crippen MR) is 123 cm³/mol. The zero-order valence-electron chi connectivity index (χ0n) is 19.4. The molecule has 1 aromatic rings. The van der Waals surface area contributed by atoms with Crippen molar-refractivity contribution in [3.63, 3.8) is 0 Å². The van der Waals surface area contributed by atoms with Crippen molar-refractivity contribution in [1.82, 2.24) is 0 Å².